The fraction of sp³-hybridized carbons (Fsp3) is 0.805. The van der Waals surface area contributed by atoms with E-state index in [4.69, 9.17) is 19.1 Å². The van der Waals surface area contributed by atoms with Gasteiger partial charge in [-0.3, -0.25) is 18.6 Å². The molecular weight excluding hydrogens is 683 g/mol. The van der Waals surface area contributed by atoms with Gasteiger partial charge in [-0.1, -0.05) is 134 Å². The third-order valence-electron chi connectivity index (χ3n) is 8.52. The number of phosphoric acid groups is 1. The highest BCUT2D eigenvalue weighted by Gasteiger charge is 2.27. The van der Waals surface area contributed by atoms with Crippen molar-refractivity contribution in [3.63, 3.8) is 0 Å². The number of hydrogen-bond acceptors (Lipinski definition) is 9. The minimum atomic E-state index is -4.62. The summed E-state index contributed by atoms with van der Waals surface area (Å²) in [5.74, 6) is -0.967. The van der Waals surface area contributed by atoms with Crippen LogP contribution in [0, 0.1) is 0 Å². The van der Waals surface area contributed by atoms with E-state index in [1.54, 1.807) is 0 Å². The molecule has 304 valence electrons. The molecule has 0 aromatic rings. The summed E-state index contributed by atoms with van der Waals surface area (Å²) in [6.07, 6.45) is 36.8. The van der Waals surface area contributed by atoms with Gasteiger partial charge in [0, 0.05) is 12.8 Å². The smallest absolute Gasteiger partial charge is 0.462 e. The van der Waals surface area contributed by atoms with Crippen molar-refractivity contribution in [2.45, 2.75) is 187 Å². The van der Waals surface area contributed by atoms with Gasteiger partial charge in [-0.05, 0) is 64.2 Å². The van der Waals surface area contributed by atoms with Crippen LogP contribution in [0.15, 0.2) is 36.5 Å². The summed E-state index contributed by atoms with van der Waals surface area (Å²) in [6, 6.07) is 0. The Balaban J connectivity index is 4.38. The lowest BCUT2D eigenvalue weighted by atomic mass is 10.1. The highest BCUT2D eigenvalue weighted by atomic mass is 31.2. The van der Waals surface area contributed by atoms with E-state index in [-0.39, 0.29) is 19.4 Å². The number of phosphoric ester groups is 1. The highest BCUT2D eigenvalue weighted by molar-refractivity contribution is 7.47. The van der Waals surface area contributed by atoms with E-state index in [0.717, 1.165) is 64.2 Å². The van der Waals surface area contributed by atoms with E-state index < -0.39 is 51.8 Å². The predicted octanol–water partition coefficient (Wildman–Crippen LogP) is 10.4. The maximum Gasteiger partial charge on any atom is 0.472 e. The summed E-state index contributed by atoms with van der Waals surface area (Å²) in [5, 5.41) is 18.3. The van der Waals surface area contributed by atoms with Crippen molar-refractivity contribution in [3.05, 3.63) is 36.5 Å². The quantitative estimate of drug-likeness (QED) is 0.0240. The van der Waals surface area contributed by atoms with E-state index in [0.29, 0.717) is 12.8 Å². The number of rotatable bonds is 38. The Morgan fingerprint density at radius 1 is 0.577 bits per heavy atom. The van der Waals surface area contributed by atoms with Gasteiger partial charge in [0.15, 0.2) is 6.10 Å². The summed E-state index contributed by atoms with van der Waals surface area (Å²) in [6.45, 7) is 2.29. The molecule has 0 amide bonds. The second-order valence-electron chi connectivity index (χ2n) is 13.7. The van der Waals surface area contributed by atoms with Gasteiger partial charge in [0.25, 0.3) is 0 Å². The zero-order valence-corrected chi connectivity index (χ0v) is 33.7. The van der Waals surface area contributed by atoms with E-state index in [2.05, 4.69) is 54.8 Å². The molecule has 0 radical (unpaired) electrons. The summed E-state index contributed by atoms with van der Waals surface area (Å²) in [4.78, 5) is 34.9. The molecule has 11 heteroatoms. The maximum atomic E-state index is 12.6. The molecule has 0 aromatic heterocycles. The van der Waals surface area contributed by atoms with Crippen LogP contribution in [0.1, 0.15) is 174 Å². The van der Waals surface area contributed by atoms with Crippen LogP contribution < -0.4 is 0 Å². The van der Waals surface area contributed by atoms with Crippen LogP contribution in [-0.4, -0.2) is 65.7 Å². The Bertz CT molecular complexity index is 967. The van der Waals surface area contributed by atoms with Gasteiger partial charge in [0.05, 0.1) is 19.8 Å². The van der Waals surface area contributed by atoms with Crippen molar-refractivity contribution in [1.29, 1.82) is 0 Å². The van der Waals surface area contributed by atoms with Gasteiger partial charge >= 0.3 is 19.8 Å². The average Bonchev–Trinajstić information content (AvgIpc) is 3.13. The van der Waals surface area contributed by atoms with Crippen molar-refractivity contribution in [1.82, 2.24) is 0 Å². The number of unbranched alkanes of at least 4 members (excludes halogenated alkanes) is 18. The van der Waals surface area contributed by atoms with Crippen molar-refractivity contribution >= 4 is 19.8 Å². The van der Waals surface area contributed by atoms with Crippen LogP contribution in [0.25, 0.3) is 0 Å². The molecule has 0 heterocycles. The van der Waals surface area contributed by atoms with E-state index >= 15 is 0 Å². The minimum Gasteiger partial charge on any atom is -0.462 e. The fourth-order valence-electron chi connectivity index (χ4n) is 5.30. The molecule has 3 atom stereocenters. The first-order valence-corrected chi connectivity index (χ1v) is 21.9. The molecule has 10 nitrogen and oxygen atoms in total. The van der Waals surface area contributed by atoms with Gasteiger partial charge < -0.3 is 24.6 Å². The van der Waals surface area contributed by atoms with Crippen LogP contribution >= 0.6 is 7.82 Å². The Kier molecular flexibility index (Phi) is 36.2. The van der Waals surface area contributed by atoms with Gasteiger partial charge in [-0.15, -0.1) is 0 Å². The summed E-state index contributed by atoms with van der Waals surface area (Å²) in [5.41, 5.74) is 0. The first-order valence-electron chi connectivity index (χ1n) is 20.4. The Labute approximate surface area is 316 Å². The van der Waals surface area contributed by atoms with E-state index in [9.17, 15) is 24.2 Å². The number of aliphatic hydroxyl groups is 2. The minimum absolute atomic E-state index is 0.151. The molecule has 0 saturated heterocycles. The molecule has 0 aliphatic carbocycles. The SMILES string of the molecule is CCCC/C=C/C/C=C/CCCCCCCC(=O)OC[C@H](COP(=O)(O)OC[C@@H](O)CO)OC(=O)CCCC/C=C/CCCCCCCCCCC. The Hall–Kier alpha value is -1.81. The molecule has 1 unspecified atom stereocenters. The third-order valence-corrected chi connectivity index (χ3v) is 9.47. The summed E-state index contributed by atoms with van der Waals surface area (Å²) >= 11 is 0. The van der Waals surface area contributed by atoms with Crippen molar-refractivity contribution in [3.8, 4) is 0 Å². The molecule has 52 heavy (non-hydrogen) atoms. The van der Waals surface area contributed by atoms with Crippen LogP contribution in [0.3, 0.4) is 0 Å². The Morgan fingerprint density at radius 2 is 1.02 bits per heavy atom. The van der Waals surface area contributed by atoms with Crippen molar-refractivity contribution < 1.29 is 47.8 Å². The number of allylic oxidation sites excluding steroid dienone is 6. The van der Waals surface area contributed by atoms with E-state index in [1.165, 1.54) is 70.6 Å². The highest BCUT2D eigenvalue weighted by Crippen LogP contribution is 2.43. The lowest BCUT2D eigenvalue weighted by Crippen LogP contribution is -2.29. The molecule has 0 rings (SSSR count). The number of aliphatic hydroxyl groups excluding tert-OH is 2. The molecule has 0 bridgehead atoms. The number of esters is 2. The van der Waals surface area contributed by atoms with Gasteiger partial charge in [0.1, 0.15) is 12.7 Å². The zero-order valence-electron chi connectivity index (χ0n) is 32.8. The molecule has 0 aliphatic heterocycles. The van der Waals surface area contributed by atoms with Crippen LogP contribution in [-0.2, 0) is 32.7 Å². The van der Waals surface area contributed by atoms with Gasteiger partial charge in [-0.25, -0.2) is 4.57 Å². The number of carbonyl (C=O) groups excluding carboxylic acids is 2. The lowest BCUT2D eigenvalue weighted by Gasteiger charge is -2.20. The first kappa shape index (κ1) is 50.2. The van der Waals surface area contributed by atoms with Crippen LogP contribution in [0.4, 0.5) is 0 Å². The molecular formula is C41H75O10P. The molecule has 3 N–H and O–H groups in total. The maximum absolute atomic E-state index is 12.6. The van der Waals surface area contributed by atoms with E-state index in [1.807, 2.05) is 0 Å². The summed E-state index contributed by atoms with van der Waals surface area (Å²) < 4.78 is 32.6. The normalized spacial score (nSPS) is 14.3. The predicted molar refractivity (Wildman–Crippen MR) is 210 cm³/mol. The average molecular weight is 759 g/mol. The molecule has 0 spiro atoms. The molecule has 0 fully saturated rings. The molecule has 0 aromatic carbocycles. The second kappa shape index (κ2) is 37.5. The standard InChI is InChI=1S/C41H75O10P/c1-3-5-7-9-11-13-15-17-19-21-23-25-27-29-31-33-41(45)51-39(37-50-52(46,47)49-35-38(43)34-42)36-48-40(44)32-30-28-26-24-22-20-18-16-14-12-10-8-6-4-2/h10,12,16,18,23,25,38-39,42-43H,3-9,11,13-15,17,19-22,24,26-37H2,1-2H3,(H,46,47)/b12-10+,18-16+,25-23+/t38-,39+/m0/s1. The topological polar surface area (TPSA) is 149 Å². The van der Waals surface area contributed by atoms with Crippen LogP contribution in [0.2, 0.25) is 0 Å². The monoisotopic (exact) mass is 759 g/mol. The lowest BCUT2D eigenvalue weighted by molar-refractivity contribution is -0.161. The first-order chi connectivity index (χ1) is 25.2. The van der Waals surface area contributed by atoms with Crippen molar-refractivity contribution in [2.24, 2.45) is 0 Å². The zero-order chi connectivity index (χ0) is 38.4. The number of carbonyl (C=O) groups is 2. The van der Waals surface area contributed by atoms with Crippen LogP contribution in [0.5, 0.6) is 0 Å². The molecule has 0 aliphatic rings. The largest absolute Gasteiger partial charge is 0.472 e. The number of hydrogen-bond donors (Lipinski definition) is 3. The van der Waals surface area contributed by atoms with Gasteiger partial charge in [-0.2, -0.15) is 0 Å². The molecule has 0 saturated carbocycles. The Morgan fingerprint density at radius 3 is 1.60 bits per heavy atom. The summed E-state index contributed by atoms with van der Waals surface area (Å²) in [7, 11) is -4.62. The fourth-order valence-corrected chi connectivity index (χ4v) is 6.09. The van der Waals surface area contributed by atoms with Gasteiger partial charge in [0.2, 0.25) is 0 Å². The van der Waals surface area contributed by atoms with Crippen molar-refractivity contribution in [2.75, 3.05) is 26.4 Å². The second-order valence-corrected chi connectivity index (χ2v) is 15.1. The number of ether oxygens (including phenoxy) is 2. The third kappa shape index (κ3) is 36.5.